The van der Waals surface area contributed by atoms with Crippen molar-refractivity contribution in [2.75, 3.05) is 0 Å². The number of rotatable bonds is 1. The van der Waals surface area contributed by atoms with E-state index in [2.05, 4.69) is 0 Å². The Hall–Kier alpha value is -1.02. The molecule has 3 atom stereocenters. The lowest BCUT2D eigenvalue weighted by Gasteiger charge is -2.45. The van der Waals surface area contributed by atoms with Gasteiger partial charge in [-0.25, -0.2) is 0 Å². The number of ether oxygens (including phenoxy) is 1. The number of hydrogen-bond donors (Lipinski definition) is 1. The highest BCUT2D eigenvalue weighted by Crippen LogP contribution is 2.52. The van der Waals surface area contributed by atoms with Crippen molar-refractivity contribution in [3.63, 3.8) is 0 Å². The minimum absolute atomic E-state index is 0.0841. The summed E-state index contributed by atoms with van der Waals surface area (Å²) in [5.41, 5.74) is 0.890. The van der Waals surface area contributed by atoms with E-state index in [-0.39, 0.29) is 11.7 Å². The van der Waals surface area contributed by atoms with Crippen molar-refractivity contribution in [1.29, 1.82) is 0 Å². The number of fused-ring (bicyclic) bond motifs is 1. The zero-order valence-corrected chi connectivity index (χ0v) is 11.3. The fraction of sp³-hybridized carbons (Fsp3) is 0.647. The molecular formula is C17H22O2. The summed E-state index contributed by atoms with van der Waals surface area (Å²) in [4.78, 5) is 0. The molecule has 1 aliphatic heterocycles. The Balaban J connectivity index is 1.62. The largest absolute Gasteiger partial charge is 0.487 e. The smallest absolute Gasteiger partial charge is 0.125 e. The van der Waals surface area contributed by atoms with Gasteiger partial charge in [0.1, 0.15) is 11.4 Å². The van der Waals surface area contributed by atoms with Gasteiger partial charge in [-0.15, -0.1) is 0 Å². The van der Waals surface area contributed by atoms with E-state index < -0.39 is 0 Å². The molecule has 1 spiro atoms. The van der Waals surface area contributed by atoms with Crippen LogP contribution in [0.3, 0.4) is 0 Å². The minimum Gasteiger partial charge on any atom is -0.487 e. The first-order chi connectivity index (χ1) is 9.26. The number of aliphatic hydroxyl groups excluding tert-OH is 1. The van der Waals surface area contributed by atoms with Crippen LogP contribution in [0.2, 0.25) is 0 Å². The molecule has 1 aromatic rings. The van der Waals surface area contributed by atoms with Gasteiger partial charge in [-0.1, -0.05) is 18.2 Å². The predicted molar refractivity (Wildman–Crippen MR) is 74.1 cm³/mol. The SMILES string of the molecule is O[C@@H]1CC2(CCCC(C3CC3)C2)Oc2ccccc21. The van der Waals surface area contributed by atoms with Crippen LogP contribution in [0, 0.1) is 11.8 Å². The second-order valence-electron chi connectivity index (χ2n) is 6.74. The Morgan fingerprint density at radius 3 is 2.74 bits per heavy atom. The summed E-state index contributed by atoms with van der Waals surface area (Å²) < 4.78 is 6.38. The molecule has 3 aliphatic rings. The normalized spacial score (nSPS) is 37.7. The molecule has 19 heavy (non-hydrogen) atoms. The van der Waals surface area contributed by atoms with Gasteiger partial charge in [0, 0.05) is 12.0 Å². The van der Waals surface area contributed by atoms with E-state index in [9.17, 15) is 5.11 Å². The molecule has 2 saturated carbocycles. The molecule has 0 radical (unpaired) electrons. The maximum atomic E-state index is 10.4. The molecule has 2 unspecified atom stereocenters. The van der Waals surface area contributed by atoms with Gasteiger partial charge < -0.3 is 9.84 Å². The van der Waals surface area contributed by atoms with Gasteiger partial charge >= 0.3 is 0 Å². The van der Waals surface area contributed by atoms with Gasteiger partial charge in [0.15, 0.2) is 0 Å². The van der Waals surface area contributed by atoms with Crippen LogP contribution in [0.15, 0.2) is 24.3 Å². The van der Waals surface area contributed by atoms with Gasteiger partial charge in [-0.05, 0) is 56.4 Å². The first kappa shape index (κ1) is 11.8. The number of hydrogen-bond acceptors (Lipinski definition) is 2. The van der Waals surface area contributed by atoms with Crippen molar-refractivity contribution in [3.8, 4) is 5.75 Å². The van der Waals surface area contributed by atoms with Crippen LogP contribution in [-0.4, -0.2) is 10.7 Å². The highest BCUT2D eigenvalue weighted by Gasteiger charge is 2.46. The van der Waals surface area contributed by atoms with Crippen LogP contribution in [0.25, 0.3) is 0 Å². The summed E-state index contributed by atoms with van der Waals surface area (Å²) in [6.07, 6.45) is 8.17. The third-order valence-electron chi connectivity index (χ3n) is 5.30. The van der Waals surface area contributed by atoms with Crippen molar-refractivity contribution < 1.29 is 9.84 Å². The second kappa shape index (κ2) is 4.24. The third kappa shape index (κ3) is 2.06. The molecule has 2 nitrogen and oxygen atoms in total. The van der Waals surface area contributed by atoms with E-state index in [1.54, 1.807) is 0 Å². The molecule has 2 heteroatoms. The average Bonchev–Trinajstić information content (AvgIpc) is 3.23. The Morgan fingerprint density at radius 1 is 1.05 bits per heavy atom. The zero-order chi connectivity index (χ0) is 12.9. The third-order valence-corrected chi connectivity index (χ3v) is 5.30. The lowest BCUT2D eigenvalue weighted by molar-refractivity contribution is -0.0543. The van der Waals surface area contributed by atoms with E-state index in [0.29, 0.717) is 0 Å². The molecule has 102 valence electrons. The molecule has 1 N–H and O–H groups in total. The van der Waals surface area contributed by atoms with Gasteiger partial charge in [-0.3, -0.25) is 0 Å². The summed E-state index contributed by atoms with van der Waals surface area (Å²) in [7, 11) is 0. The van der Waals surface area contributed by atoms with E-state index >= 15 is 0 Å². The summed E-state index contributed by atoms with van der Waals surface area (Å²) in [6.45, 7) is 0. The minimum atomic E-state index is -0.345. The number of aliphatic hydroxyl groups is 1. The van der Waals surface area contributed by atoms with Crippen LogP contribution in [0.4, 0.5) is 0 Å². The van der Waals surface area contributed by atoms with Crippen LogP contribution in [0.1, 0.15) is 56.6 Å². The van der Waals surface area contributed by atoms with E-state index in [4.69, 9.17) is 4.74 Å². The summed E-state index contributed by atoms with van der Waals surface area (Å²) in [6, 6.07) is 8.00. The molecule has 0 bridgehead atoms. The molecule has 2 aliphatic carbocycles. The van der Waals surface area contributed by atoms with Crippen LogP contribution >= 0.6 is 0 Å². The standard InChI is InChI=1S/C17H22O2/c18-15-11-17(19-16-6-2-1-5-14(15)16)9-3-4-13(10-17)12-7-8-12/h1-2,5-6,12-13,15,18H,3-4,7-11H2/t13?,15-,17?/m1/s1. The molecule has 1 aromatic carbocycles. The highest BCUT2D eigenvalue weighted by molar-refractivity contribution is 5.38. The van der Waals surface area contributed by atoms with E-state index in [0.717, 1.165) is 42.4 Å². The molecular weight excluding hydrogens is 236 g/mol. The van der Waals surface area contributed by atoms with Crippen molar-refractivity contribution in [2.24, 2.45) is 11.8 Å². The first-order valence-corrected chi connectivity index (χ1v) is 7.72. The molecule has 2 fully saturated rings. The summed E-state index contributed by atoms with van der Waals surface area (Å²) in [5.74, 6) is 2.71. The van der Waals surface area contributed by atoms with Crippen molar-refractivity contribution >= 4 is 0 Å². The Bertz CT molecular complexity index is 480. The maximum Gasteiger partial charge on any atom is 0.125 e. The fourth-order valence-corrected chi connectivity index (χ4v) is 4.20. The van der Waals surface area contributed by atoms with Gasteiger partial charge in [0.05, 0.1) is 6.10 Å². The predicted octanol–water partition coefficient (Wildman–Crippen LogP) is 3.84. The lowest BCUT2D eigenvalue weighted by Crippen LogP contribution is -2.45. The quantitative estimate of drug-likeness (QED) is 0.829. The van der Waals surface area contributed by atoms with Crippen LogP contribution in [-0.2, 0) is 0 Å². The Kier molecular flexibility index (Phi) is 2.63. The molecule has 4 rings (SSSR count). The van der Waals surface area contributed by atoms with Crippen molar-refractivity contribution in [3.05, 3.63) is 29.8 Å². The Labute approximate surface area is 114 Å². The fourth-order valence-electron chi connectivity index (χ4n) is 4.20. The molecule has 0 aromatic heterocycles. The van der Waals surface area contributed by atoms with Crippen LogP contribution < -0.4 is 4.74 Å². The molecule has 0 amide bonds. The monoisotopic (exact) mass is 258 g/mol. The van der Waals surface area contributed by atoms with E-state index in [1.807, 2.05) is 24.3 Å². The Morgan fingerprint density at radius 2 is 1.89 bits per heavy atom. The van der Waals surface area contributed by atoms with Crippen molar-refractivity contribution in [2.45, 2.75) is 56.7 Å². The topological polar surface area (TPSA) is 29.5 Å². The van der Waals surface area contributed by atoms with Gasteiger partial charge in [0.2, 0.25) is 0 Å². The lowest BCUT2D eigenvalue weighted by atomic mass is 9.72. The van der Waals surface area contributed by atoms with Gasteiger partial charge in [-0.2, -0.15) is 0 Å². The molecule has 1 heterocycles. The number of para-hydroxylation sites is 1. The summed E-state index contributed by atoms with van der Waals surface area (Å²) in [5, 5.41) is 10.4. The first-order valence-electron chi connectivity index (χ1n) is 7.72. The summed E-state index contributed by atoms with van der Waals surface area (Å²) >= 11 is 0. The molecule has 0 saturated heterocycles. The van der Waals surface area contributed by atoms with Gasteiger partial charge in [0.25, 0.3) is 0 Å². The highest BCUT2D eigenvalue weighted by atomic mass is 16.5. The number of benzene rings is 1. The maximum absolute atomic E-state index is 10.4. The zero-order valence-electron chi connectivity index (χ0n) is 11.3. The van der Waals surface area contributed by atoms with Crippen LogP contribution in [0.5, 0.6) is 5.75 Å². The average molecular weight is 258 g/mol. The van der Waals surface area contributed by atoms with Crippen molar-refractivity contribution in [1.82, 2.24) is 0 Å². The second-order valence-corrected chi connectivity index (χ2v) is 6.74. The van der Waals surface area contributed by atoms with E-state index in [1.165, 1.54) is 25.7 Å².